The van der Waals surface area contributed by atoms with E-state index in [1.165, 1.54) is 0 Å². The lowest BCUT2D eigenvalue weighted by Crippen LogP contribution is -2.33. The topological polar surface area (TPSA) is 49.6 Å². The predicted octanol–water partition coefficient (Wildman–Crippen LogP) is 1.82. The van der Waals surface area contributed by atoms with E-state index in [9.17, 15) is 4.79 Å². The Kier molecular flexibility index (Phi) is 5.25. The minimum absolute atomic E-state index is 0.0733. The number of amides is 1. The Morgan fingerprint density at radius 1 is 1.42 bits per heavy atom. The number of benzene rings is 1. The van der Waals surface area contributed by atoms with E-state index in [1.807, 2.05) is 32.0 Å². The van der Waals surface area contributed by atoms with Gasteiger partial charge in [-0.3, -0.25) is 4.79 Å². The van der Waals surface area contributed by atoms with Crippen molar-refractivity contribution in [2.24, 2.45) is 0 Å². The van der Waals surface area contributed by atoms with E-state index in [2.05, 4.69) is 5.92 Å². The van der Waals surface area contributed by atoms with Crippen LogP contribution in [0.4, 0.5) is 11.4 Å². The average Bonchev–Trinajstić information content (AvgIpc) is 2.37. The monoisotopic (exact) mass is 259 g/mol. The van der Waals surface area contributed by atoms with Crippen LogP contribution in [0.1, 0.15) is 23.7 Å². The average molecular weight is 259 g/mol. The number of carbonyl (C=O) groups is 1. The molecule has 0 radical (unpaired) electrons. The van der Waals surface area contributed by atoms with E-state index in [-0.39, 0.29) is 5.91 Å². The van der Waals surface area contributed by atoms with Gasteiger partial charge in [0, 0.05) is 32.0 Å². The van der Waals surface area contributed by atoms with Gasteiger partial charge >= 0.3 is 0 Å². The summed E-state index contributed by atoms with van der Waals surface area (Å²) in [5.41, 5.74) is 7.80. The predicted molar refractivity (Wildman–Crippen MR) is 80.2 cm³/mol. The first kappa shape index (κ1) is 14.9. The maximum atomic E-state index is 12.6. The van der Waals surface area contributed by atoms with Crippen LogP contribution < -0.4 is 10.6 Å². The van der Waals surface area contributed by atoms with E-state index in [0.717, 1.165) is 12.1 Å². The maximum Gasteiger partial charge on any atom is 0.256 e. The lowest BCUT2D eigenvalue weighted by Gasteiger charge is -2.23. The van der Waals surface area contributed by atoms with Crippen LogP contribution in [-0.2, 0) is 0 Å². The lowest BCUT2D eigenvalue weighted by molar-refractivity contribution is 0.0777. The second kappa shape index (κ2) is 6.69. The first-order valence-electron chi connectivity index (χ1n) is 6.30. The van der Waals surface area contributed by atoms with E-state index >= 15 is 0 Å². The summed E-state index contributed by atoms with van der Waals surface area (Å²) in [6, 6.07) is 5.34. The Labute approximate surface area is 115 Å². The molecule has 0 saturated heterocycles. The summed E-state index contributed by atoms with van der Waals surface area (Å²) in [4.78, 5) is 16.1. The Morgan fingerprint density at radius 2 is 2.11 bits per heavy atom. The van der Waals surface area contributed by atoms with Gasteiger partial charge in [0.05, 0.1) is 12.1 Å². The Balaban J connectivity index is 3.16. The molecule has 0 saturated carbocycles. The van der Waals surface area contributed by atoms with E-state index in [1.54, 1.807) is 17.0 Å². The van der Waals surface area contributed by atoms with Gasteiger partial charge in [-0.25, -0.2) is 0 Å². The molecule has 4 heteroatoms. The third-order valence-corrected chi connectivity index (χ3v) is 2.80. The van der Waals surface area contributed by atoms with E-state index in [0.29, 0.717) is 24.3 Å². The highest BCUT2D eigenvalue weighted by Crippen LogP contribution is 2.23. The fraction of sp³-hybridized carbons (Fsp3) is 0.400. The molecule has 0 heterocycles. The van der Waals surface area contributed by atoms with Crippen molar-refractivity contribution in [2.75, 3.05) is 37.8 Å². The lowest BCUT2D eigenvalue weighted by atomic mass is 10.1. The summed E-state index contributed by atoms with van der Waals surface area (Å²) in [6.45, 7) is 2.97. The number of nitrogen functional groups attached to an aromatic ring is 1. The molecule has 0 aromatic heterocycles. The smallest absolute Gasteiger partial charge is 0.256 e. The standard InChI is InChI=1S/C15H21N3O/c1-5-9-18(10-6-2)15(19)13-11-12(16)7-8-14(13)17(3)4/h1,7-8,11H,6,9-10,16H2,2-4H3. The van der Waals surface area contributed by atoms with Gasteiger partial charge in [0.1, 0.15) is 0 Å². The number of nitrogens with two attached hydrogens (primary N) is 1. The number of anilines is 2. The van der Waals surface area contributed by atoms with Crippen molar-refractivity contribution in [1.82, 2.24) is 4.90 Å². The molecule has 0 unspecified atom stereocenters. The number of nitrogens with zero attached hydrogens (tertiary/aromatic N) is 2. The summed E-state index contributed by atoms with van der Waals surface area (Å²) >= 11 is 0. The van der Waals surface area contributed by atoms with Crippen molar-refractivity contribution in [3.8, 4) is 12.3 Å². The quantitative estimate of drug-likeness (QED) is 0.648. The van der Waals surface area contributed by atoms with Gasteiger partial charge in [-0.15, -0.1) is 6.42 Å². The van der Waals surface area contributed by atoms with Gasteiger partial charge in [0.25, 0.3) is 5.91 Å². The number of hydrogen-bond acceptors (Lipinski definition) is 3. The van der Waals surface area contributed by atoms with Crippen molar-refractivity contribution in [2.45, 2.75) is 13.3 Å². The minimum Gasteiger partial charge on any atom is -0.399 e. The van der Waals surface area contributed by atoms with Gasteiger partial charge in [-0.2, -0.15) is 0 Å². The Morgan fingerprint density at radius 3 is 2.63 bits per heavy atom. The fourth-order valence-electron chi connectivity index (χ4n) is 1.92. The molecule has 1 aromatic carbocycles. The highest BCUT2D eigenvalue weighted by molar-refractivity contribution is 6.00. The van der Waals surface area contributed by atoms with Gasteiger partial charge in [-0.05, 0) is 24.6 Å². The second-order valence-electron chi connectivity index (χ2n) is 4.60. The van der Waals surface area contributed by atoms with Crippen LogP contribution >= 0.6 is 0 Å². The summed E-state index contributed by atoms with van der Waals surface area (Å²) in [6.07, 6.45) is 6.19. The minimum atomic E-state index is -0.0733. The Bertz CT molecular complexity index is 489. The normalized spacial score (nSPS) is 9.79. The van der Waals surface area contributed by atoms with Gasteiger partial charge < -0.3 is 15.5 Å². The highest BCUT2D eigenvalue weighted by Gasteiger charge is 2.18. The zero-order chi connectivity index (χ0) is 14.4. The number of rotatable bonds is 5. The first-order chi connectivity index (χ1) is 9.01. The summed E-state index contributed by atoms with van der Waals surface area (Å²) < 4.78 is 0. The molecule has 0 atom stereocenters. The van der Waals surface area contributed by atoms with Gasteiger partial charge in [0.2, 0.25) is 0 Å². The number of carbonyl (C=O) groups excluding carboxylic acids is 1. The van der Waals surface area contributed by atoms with Crippen LogP contribution in [-0.4, -0.2) is 38.0 Å². The van der Waals surface area contributed by atoms with E-state index in [4.69, 9.17) is 12.2 Å². The molecular weight excluding hydrogens is 238 g/mol. The number of hydrogen-bond donors (Lipinski definition) is 1. The molecule has 0 fully saturated rings. The molecule has 0 spiro atoms. The molecule has 1 amide bonds. The third-order valence-electron chi connectivity index (χ3n) is 2.80. The van der Waals surface area contributed by atoms with Gasteiger partial charge in [-0.1, -0.05) is 12.8 Å². The van der Waals surface area contributed by atoms with Crippen molar-refractivity contribution in [3.63, 3.8) is 0 Å². The molecule has 19 heavy (non-hydrogen) atoms. The molecule has 2 N–H and O–H groups in total. The molecular formula is C15H21N3O. The van der Waals surface area contributed by atoms with Crippen LogP contribution in [0.5, 0.6) is 0 Å². The molecule has 0 bridgehead atoms. The van der Waals surface area contributed by atoms with Gasteiger partial charge in [0.15, 0.2) is 0 Å². The molecule has 4 nitrogen and oxygen atoms in total. The molecule has 102 valence electrons. The van der Waals surface area contributed by atoms with Crippen molar-refractivity contribution >= 4 is 17.3 Å². The summed E-state index contributed by atoms with van der Waals surface area (Å²) in [5.74, 6) is 2.45. The van der Waals surface area contributed by atoms with Crippen molar-refractivity contribution in [1.29, 1.82) is 0 Å². The largest absolute Gasteiger partial charge is 0.399 e. The summed E-state index contributed by atoms with van der Waals surface area (Å²) in [5, 5.41) is 0. The van der Waals surface area contributed by atoms with Crippen LogP contribution in [0.3, 0.4) is 0 Å². The van der Waals surface area contributed by atoms with Crippen LogP contribution in [0.25, 0.3) is 0 Å². The van der Waals surface area contributed by atoms with Crippen LogP contribution in [0, 0.1) is 12.3 Å². The van der Waals surface area contributed by atoms with Crippen LogP contribution in [0.15, 0.2) is 18.2 Å². The van der Waals surface area contributed by atoms with Crippen molar-refractivity contribution < 1.29 is 4.79 Å². The first-order valence-corrected chi connectivity index (χ1v) is 6.30. The number of terminal acetylenes is 1. The molecule has 0 aliphatic rings. The second-order valence-corrected chi connectivity index (χ2v) is 4.60. The molecule has 1 aromatic rings. The maximum absolute atomic E-state index is 12.6. The van der Waals surface area contributed by atoms with E-state index < -0.39 is 0 Å². The SMILES string of the molecule is C#CCN(CCC)C(=O)c1cc(N)ccc1N(C)C. The third kappa shape index (κ3) is 3.65. The Hall–Kier alpha value is -2.15. The zero-order valence-corrected chi connectivity index (χ0v) is 11.8. The van der Waals surface area contributed by atoms with Crippen molar-refractivity contribution in [3.05, 3.63) is 23.8 Å². The zero-order valence-electron chi connectivity index (χ0n) is 11.8. The fourth-order valence-corrected chi connectivity index (χ4v) is 1.92. The highest BCUT2D eigenvalue weighted by atomic mass is 16.2. The summed E-state index contributed by atoms with van der Waals surface area (Å²) in [7, 11) is 3.79. The molecule has 1 rings (SSSR count). The molecule has 0 aliphatic carbocycles. The molecule has 0 aliphatic heterocycles. The van der Waals surface area contributed by atoms with Crippen LogP contribution in [0.2, 0.25) is 0 Å².